The summed E-state index contributed by atoms with van der Waals surface area (Å²) in [4.78, 5) is 13.1. The zero-order chi connectivity index (χ0) is 20.5. The second-order valence-electron chi connectivity index (χ2n) is 6.45. The van der Waals surface area contributed by atoms with Crippen LogP contribution in [0.5, 0.6) is 17.2 Å². The Bertz CT molecular complexity index is 1230. The van der Waals surface area contributed by atoms with Crippen LogP contribution in [0.4, 0.5) is 28.1 Å². The lowest BCUT2D eigenvalue weighted by Gasteiger charge is -2.19. The quantitative estimate of drug-likeness (QED) is 0.440. The van der Waals surface area contributed by atoms with Gasteiger partial charge in [-0.1, -0.05) is 11.3 Å². The van der Waals surface area contributed by atoms with E-state index in [0.29, 0.717) is 41.4 Å². The van der Waals surface area contributed by atoms with Gasteiger partial charge in [-0.25, -0.2) is 15.0 Å². The maximum absolute atomic E-state index is 6.31. The molecule has 10 heteroatoms. The summed E-state index contributed by atoms with van der Waals surface area (Å²) in [6, 6.07) is 11.3. The summed E-state index contributed by atoms with van der Waals surface area (Å²) in [5.74, 6) is 3.13. The van der Waals surface area contributed by atoms with Gasteiger partial charge in [0.25, 0.3) is 0 Å². The highest BCUT2D eigenvalue weighted by atomic mass is 32.1. The fourth-order valence-electron chi connectivity index (χ4n) is 3.04. The molecule has 3 heterocycles. The molecule has 0 unspecified atom stereocenters. The predicted octanol–water partition coefficient (Wildman–Crippen LogP) is 3.94. The summed E-state index contributed by atoms with van der Waals surface area (Å²) in [7, 11) is 1.64. The highest BCUT2D eigenvalue weighted by Crippen LogP contribution is 2.36. The summed E-state index contributed by atoms with van der Waals surface area (Å²) in [5, 5.41) is 7.06. The number of thiazole rings is 1. The van der Waals surface area contributed by atoms with E-state index in [4.69, 9.17) is 19.9 Å². The van der Waals surface area contributed by atoms with Crippen molar-refractivity contribution in [2.24, 2.45) is 0 Å². The Morgan fingerprint density at radius 1 is 1.00 bits per heavy atom. The van der Waals surface area contributed by atoms with E-state index in [9.17, 15) is 0 Å². The first-order valence-electron chi connectivity index (χ1n) is 9.18. The van der Waals surface area contributed by atoms with Gasteiger partial charge in [-0.15, -0.1) is 0 Å². The van der Waals surface area contributed by atoms with Crippen molar-refractivity contribution < 1.29 is 14.2 Å². The number of methoxy groups -OCH3 is 1. The number of nitrogens with zero attached hydrogens (tertiary/aromatic N) is 3. The molecule has 2 aromatic heterocycles. The maximum Gasteiger partial charge on any atom is 0.189 e. The molecular weight excluding hydrogens is 404 g/mol. The summed E-state index contributed by atoms with van der Waals surface area (Å²) in [6.45, 7) is 1.07. The Kier molecular flexibility index (Phi) is 4.60. The number of hydrogen-bond acceptors (Lipinski definition) is 10. The van der Waals surface area contributed by atoms with Gasteiger partial charge in [0.2, 0.25) is 0 Å². The van der Waals surface area contributed by atoms with Gasteiger partial charge in [0.05, 0.1) is 17.3 Å². The molecule has 0 fully saturated rings. The third-order valence-corrected chi connectivity index (χ3v) is 5.44. The molecule has 1 aliphatic rings. The lowest BCUT2D eigenvalue weighted by molar-refractivity contribution is 0.171. The Morgan fingerprint density at radius 3 is 2.63 bits per heavy atom. The van der Waals surface area contributed by atoms with Crippen LogP contribution in [0.3, 0.4) is 0 Å². The standard InChI is InChI=1S/C20H18N6O3S/c1-27-12-3-4-13-16(9-12)30-20(25-13)26-19-17(21)18(22-10-23-19)24-11-2-5-14-15(8-11)29-7-6-28-14/h2-5,8-10H,6-7,21H2,1H3,(H2,22,23,24,25,26). The van der Waals surface area contributed by atoms with Crippen molar-refractivity contribution in [3.63, 3.8) is 0 Å². The molecule has 152 valence electrons. The van der Waals surface area contributed by atoms with E-state index < -0.39 is 0 Å². The van der Waals surface area contributed by atoms with E-state index in [1.807, 2.05) is 36.4 Å². The summed E-state index contributed by atoms with van der Waals surface area (Å²) in [6.07, 6.45) is 1.44. The first-order valence-corrected chi connectivity index (χ1v) is 10.00. The molecule has 4 N–H and O–H groups in total. The molecule has 0 radical (unpaired) electrons. The highest BCUT2D eigenvalue weighted by Gasteiger charge is 2.15. The molecule has 30 heavy (non-hydrogen) atoms. The predicted molar refractivity (Wildman–Crippen MR) is 117 cm³/mol. The first kappa shape index (κ1) is 18.3. The molecule has 9 nitrogen and oxygen atoms in total. The van der Waals surface area contributed by atoms with Crippen LogP contribution in [0, 0.1) is 0 Å². The third-order valence-electron chi connectivity index (χ3n) is 4.51. The molecule has 2 aromatic carbocycles. The van der Waals surface area contributed by atoms with E-state index in [2.05, 4.69) is 25.6 Å². The minimum Gasteiger partial charge on any atom is -0.497 e. The fraction of sp³-hybridized carbons (Fsp3) is 0.150. The SMILES string of the molecule is COc1ccc2nc(Nc3ncnc(Nc4ccc5c(c4)OCCO5)c3N)sc2c1. The third kappa shape index (κ3) is 3.48. The largest absolute Gasteiger partial charge is 0.497 e. The second-order valence-corrected chi connectivity index (χ2v) is 7.48. The van der Waals surface area contributed by atoms with Gasteiger partial charge in [0.15, 0.2) is 28.3 Å². The number of nitrogens with one attached hydrogen (secondary N) is 2. The zero-order valence-corrected chi connectivity index (χ0v) is 16.8. The van der Waals surface area contributed by atoms with Crippen LogP contribution in [0.15, 0.2) is 42.7 Å². The van der Waals surface area contributed by atoms with Crippen LogP contribution in [-0.2, 0) is 0 Å². The smallest absolute Gasteiger partial charge is 0.189 e. The molecule has 0 amide bonds. The summed E-state index contributed by atoms with van der Waals surface area (Å²) < 4.78 is 17.4. The minimum absolute atomic E-state index is 0.379. The number of aromatic nitrogens is 3. The molecule has 4 aromatic rings. The number of nitrogens with two attached hydrogens (primary N) is 1. The van der Waals surface area contributed by atoms with Gasteiger partial charge in [-0.3, -0.25) is 0 Å². The van der Waals surface area contributed by atoms with Crippen LogP contribution < -0.4 is 30.6 Å². The Labute approximate surface area is 175 Å². The van der Waals surface area contributed by atoms with Crippen LogP contribution in [0.2, 0.25) is 0 Å². The summed E-state index contributed by atoms with van der Waals surface area (Å²) >= 11 is 1.49. The van der Waals surface area contributed by atoms with Crippen molar-refractivity contribution in [1.82, 2.24) is 15.0 Å². The molecule has 0 bridgehead atoms. The molecule has 0 aliphatic carbocycles. The molecule has 1 aliphatic heterocycles. The number of nitrogen functional groups attached to an aromatic ring is 1. The lowest BCUT2D eigenvalue weighted by Crippen LogP contribution is -2.15. The van der Waals surface area contributed by atoms with Crippen molar-refractivity contribution in [2.75, 3.05) is 36.7 Å². The molecule has 5 rings (SSSR count). The number of rotatable bonds is 5. The van der Waals surface area contributed by atoms with E-state index >= 15 is 0 Å². The van der Waals surface area contributed by atoms with Gasteiger partial charge in [-0.2, -0.15) is 0 Å². The average Bonchev–Trinajstić information content (AvgIpc) is 3.18. The van der Waals surface area contributed by atoms with Crippen molar-refractivity contribution in [2.45, 2.75) is 0 Å². The number of fused-ring (bicyclic) bond motifs is 2. The van der Waals surface area contributed by atoms with E-state index in [1.54, 1.807) is 7.11 Å². The van der Waals surface area contributed by atoms with Gasteiger partial charge >= 0.3 is 0 Å². The summed E-state index contributed by atoms with van der Waals surface area (Å²) in [5.41, 5.74) is 8.33. The molecular formula is C20H18N6O3S. The van der Waals surface area contributed by atoms with Gasteiger partial charge in [0, 0.05) is 11.8 Å². The van der Waals surface area contributed by atoms with Crippen LogP contribution >= 0.6 is 11.3 Å². The Hall–Kier alpha value is -3.79. The Balaban J connectivity index is 1.39. The van der Waals surface area contributed by atoms with Crippen molar-refractivity contribution in [3.8, 4) is 17.2 Å². The van der Waals surface area contributed by atoms with E-state index in [1.165, 1.54) is 17.7 Å². The van der Waals surface area contributed by atoms with Gasteiger partial charge in [0.1, 0.15) is 31.0 Å². The van der Waals surface area contributed by atoms with Crippen LogP contribution in [0.25, 0.3) is 10.2 Å². The number of benzene rings is 2. The molecule has 0 saturated heterocycles. The first-order chi connectivity index (χ1) is 14.7. The van der Waals surface area contributed by atoms with E-state index in [0.717, 1.165) is 27.4 Å². The number of hydrogen-bond donors (Lipinski definition) is 3. The van der Waals surface area contributed by atoms with Gasteiger partial charge < -0.3 is 30.6 Å². The average molecular weight is 422 g/mol. The molecule has 0 spiro atoms. The van der Waals surface area contributed by atoms with Crippen LogP contribution in [0.1, 0.15) is 0 Å². The second kappa shape index (κ2) is 7.56. The van der Waals surface area contributed by atoms with Crippen molar-refractivity contribution in [1.29, 1.82) is 0 Å². The molecule has 0 saturated carbocycles. The lowest BCUT2D eigenvalue weighted by atomic mass is 10.2. The minimum atomic E-state index is 0.379. The zero-order valence-electron chi connectivity index (χ0n) is 16.0. The Morgan fingerprint density at radius 2 is 1.80 bits per heavy atom. The van der Waals surface area contributed by atoms with Crippen molar-refractivity contribution >= 4 is 49.7 Å². The maximum atomic E-state index is 6.31. The van der Waals surface area contributed by atoms with E-state index in [-0.39, 0.29) is 0 Å². The number of ether oxygens (including phenoxy) is 3. The monoisotopic (exact) mass is 422 g/mol. The highest BCUT2D eigenvalue weighted by molar-refractivity contribution is 7.22. The van der Waals surface area contributed by atoms with Gasteiger partial charge in [-0.05, 0) is 30.3 Å². The normalized spacial score (nSPS) is 12.6. The fourth-order valence-corrected chi connectivity index (χ4v) is 3.93. The topological polar surface area (TPSA) is 116 Å². The number of anilines is 5. The van der Waals surface area contributed by atoms with Crippen molar-refractivity contribution in [3.05, 3.63) is 42.7 Å². The molecule has 0 atom stereocenters. The van der Waals surface area contributed by atoms with Crippen LogP contribution in [-0.4, -0.2) is 35.3 Å².